The Bertz CT molecular complexity index is 1210. The molecule has 0 saturated heterocycles. The largest absolute Gasteiger partial charge is 0.386 e. The van der Waals surface area contributed by atoms with E-state index in [-0.39, 0.29) is 18.2 Å². The van der Waals surface area contributed by atoms with E-state index in [0.717, 1.165) is 21.7 Å². The summed E-state index contributed by atoms with van der Waals surface area (Å²) >= 11 is 7.88. The maximum atomic E-state index is 12.7. The van der Waals surface area contributed by atoms with Crippen LogP contribution in [0.5, 0.6) is 0 Å². The average Bonchev–Trinajstić information content (AvgIpc) is 2.79. The zero-order chi connectivity index (χ0) is 23.6. The topological polar surface area (TPSA) is 69.6 Å². The predicted octanol–water partition coefficient (Wildman–Crippen LogP) is 5.91. The van der Waals surface area contributed by atoms with Crippen molar-refractivity contribution < 1.29 is 14.7 Å². The number of carbonyl (C=O) groups is 2. The first-order valence-electron chi connectivity index (χ1n) is 10.7. The minimum Gasteiger partial charge on any atom is -0.386 e. The van der Waals surface area contributed by atoms with Crippen LogP contribution in [0, 0.1) is 0 Å². The minimum atomic E-state index is -0.986. The number of aliphatic hydroxyl groups is 1. The maximum Gasteiger partial charge on any atom is 0.241 e. The first kappa shape index (κ1) is 23.4. The molecule has 7 heteroatoms. The summed E-state index contributed by atoms with van der Waals surface area (Å²) in [5.41, 5.74) is 2.67. The van der Waals surface area contributed by atoms with E-state index in [9.17, 15) is 14.7 Å². The number of hydrogen-bond acceptors (Lipinski definition) is 4. The highest BCUT2D eigenvalue weighted by Gasteiger charge is 2.26. The van der Waals surface area contributed by atoms with E-state index in [0.29, 0.717) is 28.6 Å². The van der Waals surface area contributed by atoms with Gasteiger partial charge in [-0.05, 0) is 61.7 Å². The maximum absolute atomic E-state index is 12.7. The molecule has 0 aliphatic carbocycles. The molecule has 4 rings (SSSR count). The lowest BCUT2D eigenvalue weighted by molar-refractivity contribution is -0.116. The van der Waals surface area contributed by atoms with E-state index in [1.165, 1.54) is 11.8 Å². The highest BCUT2D eigenvalue weighted by molar-refractivity contribution is 8.00. The Balaban J connectivity index is 1.52. The van der Waals surface area contributed by atoms with Gasteiger partial charge in [-0.2, -0.15) is 0 Å². The molecule has 0 spiro atoms. The van der Waals surface area contributed by atoms with Gasteiger partial charge in [-0.15, -0.1) is 11.8 Å². The van der Waals surface area contributed by atoms with Crippen molar-refractivity contribution in [2.24, 2.45) is 0 Å². The van der Waals surface area contributed by atoms with Crippen LogP contribution in [0.1, 0.15) is 31.4 Å². The number of halogens is 1. The number of carbonyl (C=O) groups excluding carboxylic acids is 2. The van der Waals surface area contributed by atoms with Gasteiger partial charge in [-0.25, -0.2) is 0 Å². The number of hydrogen-bond donors (Lipinski definition) is 2. The van der Waals surface area contributed by atoms with Crippen molar-refractivity contribution in [3.05, 3.63) is 82.9 Å². The molecule has 0 atom stereocenters. The third-order valence-electron chi connectivity index (χ3n) is 5.49. The standard InChI is InChI=1S/C26H25ClN2O3S/c1-26(2,32)19-8-4-3-7-17(19)11-14-24(30)28-21-15-18(12-13-20(21)27)29-22-9-5-6-10-23(22)33-16-25(29)31/h3-10,12-13,15,32H,11,14,16H2,1-2H3,(H,28,30). The Morgan fingerprint density at radius 1 is 1.12 bits per heavy atom. The van der Waals surface area contributed by atoms with E-state index >= 15 is 0 Å². The molecule has 170 valence electrons. The number of para-hydroxylation sites is 1. The van der Waals surface area contributed by atoms with E-state index in [4.69, 9.17) is 11.6 Å². The number of nitrogens with one attached hydrogen (secondary N) is 1. The van der Waals surface area contributed by atoms with E-state index in [1.807, 2.05) is 48.5 Å². The normalized spacial score (nSPS) is 13.6. The number of amides is 2. The van der Waals surface area contributed by atoms with Crippen LogP contribution in [-0.4, -0.2) is 22.7 Å². The van der Waals surface area contributed by atoms with Crippen LogP contribution in [0.2, 0.25) is 5.02 Å². The summed E-state index contributed by atoms with van der Waals surface area (Å²) in [5, 5.41) is 13.7. The number of fused-ring (bicyclic) bond motifs is 1. The van der Waals surface area contributed by atoms with Crippen molar-refractivity contribution >= 4 is 52.2 Å². The molecule has 2 N–H and O–H groups in total. The van der Waals surface area contributed by atoms with Gasteiger partial charge in [-0.3, -0.25) is 14.5 Å². The first-order chi connectivity index (χ1) is 15.7. The van der Waals surface area contributed by atoms with Crippen molar-refractivity contribution in [3.63, 3.8) is 0 Å². The second-order valence-corrected chi connectivity index (χ2v) is 9.84. The summed E-state index contributed by atoms with van der Waals surface area (Å²) < 4.78 is 0. The summed E-state index contributed by atoms with van der Waals surface area (Å²) in [4.78, 5) is 28.1. The van der Waals surface area contributed by atoms with Crippen LogP contribution in [0.15, 0.2) is 71.6 Å². The van der Waals surface area contributed by atoms with Crippen LogP contribution in [0.3, 0.4) is 0 Å². The van der Waals surface area contributed by atoms with Crippen LogP contribution >= 0.6 is 23.4 Å². The molecule has 3 aromatic carbocycles. The summed E-state index contributed by atoms with van der Waals surface area (Å²) in [6.45, 7) is 3.46. The Labute approximate surface area is 202 Å². The predicted molar refractivity (Wildman–Crippen MR) is 134 cm³/mol. The summed E-state index contributed by atoms with van der Waals surface area (Å²) in [6, 6.07) is 20.5. The number of benzene rings is 3. The Morgan fingerprint density at radius 3 is 2.64 bits per heavy atom. The molecule has 1 heterocycles. The molecule has 0 radical (unpaired) electrons. The molecule has 33 heavy (non-hydrogen) atoms. The minimum absolute atomic E-state index is 0.0264. The van der Waals surface area contributed by atoms with Gasteiger partial charge in [0, 0.05) is 11.3 Å². The number of anilines is 3. The fourth-order valence-corrected chi connectivity index (χ4v) is 4.98. The van der Waals surface area contributed by atoms with E-state index in [1.54, 1.807) is 36.9 Å². The SMILES string of the molecule is CC(C)(O)c1ccccc1CCC(=O)Nc1cc(N2C(=O)CSc3ccccc32)ccc1Cl. The Hall–Kier alpha value is -2.80. The van der Waals surface area contributed by atoms with Crippen molar-refractivity contribution in [1.29, 1.82) is 0 Å². The Morgan fingerprint density at radius 2 is 1.85 bits per heavy atom. The Kier molecular flexibility index (Phi) is 6.79. The van der Waals surface area contributed by atoms with Crippen molar-refractivity contribution in [2.45, 2.75) is 37.2 Å². The van der Waals surface area contributed by atoms with E-state index < -0.39 is 5.60 Å². The van der Waals surface area contributed by atoms with Gasteiger partial charge < -0.3 is 10.4 Å². The molecular weight excluding hydrogens is 456 g/mol. The second kappa shape index (κ2) is 9.59. The molecule has 0 unspecified atom stereocenters. The summed E-state index contributed by atoms with van der Waals surface area (Å²) in [5.74, 6) is 0.129. The van der Waals surface area contributed by atoms with Gasteiger partial charge in [-0.1, -0.05) is 48.0 Å². The van der Waals surface area contributed by atoms with Crippen molar-refractivity contribution in [2.75, 3.05) is 16.0 Å². The lowest BCUT2D eigenvalue weighted by Gasteiger charge is -2.29. The lowest BCUT2D eigenvalue weighted by atomic mass is 9.91. The molecule has 5 nitrogen and oxygen atoms in total. The van der Waals surface area contributed by atoms with Crippen LogP contribution in [0.25, 0.3) is 0 Å². The molecule has 0 bridgehead atoms. The third kappa shape index (κ3) is 5.24. The van der Waals surface area contributed by atoms with Crippen molar-refractivity contribution in [1.82, 2.24) is 0 Å². The number of nitrogens with zero attached hydrogens (tertiary/aromatic N) is 1. The lowest BCUT2D eigenvalue weighted by Crippen LogP contribution is -2.31. The molecule has 0 aromatic heterocycles. The van der Waals surface area contributed by atoms with Crippen LogP contribution in [-0.2, 0) is 21.6 Å². The summed E-state index contributed by atoms with van der Waals surface area (Å²) in [7, 11) is 0. The monoisotopic (exact) mass is 480 g/mol. The van der Waals surface area contributed by atoms with Crippen LogP contribution in [0.4, 0.5) is 17.1 Å². The zero-order valence-electron chi connectivity index (χ0n) is 18.5. The average molecular weight is 481 g/mol. The van der Waals surface area contributed by atoms with Crippen LogP contribution < -0.4 is 10.2 Å². The van der Waals surface area contributed by atoms with Gasteiger partial charge in [0.2, 0.25) is 11.8 Å². The summed E-state index contributed by atoms with van der Waals surface area (Å²) in [6.07, 6.45) is 0.717. The van der Waals surface area contributed by atoms with Crippen molar-refractivity contribution in [3.8, 4) is 0 Å². The van der Waals surface area contributed by atoms with E-state index in [2.05, 4.69) is 5.32 Å². The van der Waals surface area contributed by atoms with Gasteiger partial charge in [0.15, 0.2) is 0 Å². The highest BCUT2D eigenvalue weighted by Crippen LogP contribution is 2.40. The molecule has 1 aliphatic rings. The molecule has 3 aromatic rings. The third-order valence-corrected chi connectivity index (χ3v) is 6.86. The quantitative estimate of drug-likeness (QED) is 0.460. The molecule has 2 amide bonds. The first-order valence-corrected chi connectivity index (χ1v) is 12.1. The molecule has 0 fully saturated rings. The number of rotatable bonds is 6. The fraction of sp³-hybridized carbons (Fsp3) is 0.231. The smallest absolute Gasteiger partial charge is 0.241 e. The fourth-order valence-electron chi connectivity index (χ4n) is 3.93. The van der Waals surface area contributed by atoms with Gasteiger partial charge >= 0.3 is 0 Å². The molecular formula is C26H25ClN2O3S. The number of aryl methyl sites for hydroxylation is 1. The van der Waals surface area contributed by atoms with Gasteiger partial charge in [0.1, 0.15) is 0 Å². The highest BCUT2D eigenvalue weighted by atomic mass is 35.5. The molecule has 1 aliphatic heterocycles. The van der Waals surface area contributed by atoms with Gasteiger partial charge in [0.05, 0.1) is 33.4 Å². The van der Waals surface area contributed by atoms with Gasteiger partial charge in [0.25, 0.3) is 0 Å². The number of thioether (sulfide) groups is 1. The second-order valence-electron chi connectivity index (χ2n) is 8.41. The molecule has 0 saturated carbocycles. The zero-order valence-corrected chi connectivity index (χ0v) is 20.0.